The first-order valence-electron chi connectivity index (χ1n) is 9.16. The van der Waals surface area contributed by atoms with Gasteiger partial charge in [-0.1, -0.05) is 44.2 Å². The highest BCUT2D eigenvalue weighted by Crippen LogP contribution is 2.27. The fourth-order valence-electron chi connectivity index (χ4n) is 2.87. The minimum absolute atomic E-state index is 0.273. The maximum Gasteiger partial charge on any atom is 0.274 e. The Labute approximate surface area is 164 Å². The highest BCUT2D eigenvalue weighted by Gasteiger charge is 2.15. The molecule has 0 aliphatic heterocycles. The smallest absolute Gasteiger partial charge is 0.274 e. The van der Waals surface area contributed by atoms with Crippen LogP contribution in [0, 0.1) is 12.7 Å². The third-order valence-electron chi connectivity index (χ3n) is 4.42. The van der Waals surface area contributed by atoms with Gasteiger partial charge >= 0.3 is 0 Å². The predicted octanol–water partition coefficient (Wildman–Crippen LogP) is 4.91. The van der Waals surface area contributed by atoms with Crippen LogP contribution in [-0.4, -0.2) is 15.9 Å². The molecule has 0 aliphatic rings. The molecule has 6 heteroatoms. The fraction of sp³-hybridized carbons (Fsp3) is 0.227. The van der Waals surface area contributed by atoms with E-state index in [-0.39, 0.29) is 23.3 Å². The van der Waals surface area contributed by atoms with E-state index in [1.165, 1.54) is 18.3 Å². The Bertz CT molecular complexity index is 971. The van der Waals surface area contributed by atoms with Gasteiger partial charge in [-0.2, -0.15) is 0 Å². The van der Waals surface area contributed by atoms with Crippen molar-refractivity contribution < 1.29 is 9.18 Å². The number of nitrogens with zero attached hydrogens (tertiary/aromatic N) is 2. The molecule has 0 saturated heterocycles. The Balaban J connectivity index is 1.73. The van der Waals surface area contributed by atoms with Gasteiger partial charge in [-0.05, 0) is 47.7 Å². The maximum atomic E-state index is 13.0. The summed E-state index contributed by atoms with van der Waals surface area (Å²) in [6.07, 6.45) is 1.54. The monoisotopic (exact) mass is 378 g/mol. The molecule has 144 valence electrons. The lowest BCUT2D eigenvalue weighted by Gasteiger charge is -2.16. The molecular formula is C22H23FN4O. The van der Waals surface area contributed by atoms with Crippen LogP contribution in [0.5, 0.6) is 0 Å². The van der Waals surface area contributed by atoms with Crippen LogP contribution in [0.15, 0.2) is 54.7 Å². The van der Waals surface area contributed by atoms with Crippen LogP contribution in [0.3, 0.4) is 0 Å². The Morgan fingerprint density at radius 3 is 2.57 bits per heavy atom. The molecule has 1 heterocycles. The molecule has 3 rings (SSSR count). The van der Waals surface area contributed by atoms with Crippen molar-refractivity contribution in [2.45, 2.75) is 33.2 Å². The SMILES string of the molecule is Cc1cccc(C(C)C)c1NC(=O)c1ccnc(NCc2ccc(F)cc2)n1. The first-order valence-corrected chi connectivity index (χ1v) is 9.16. The largest absolute Gasteiger partial charge is 0.350 e. The summed E-state index contributed by atoms with van der Waals surface area (Å²) in [4.78, 5) is 21.2. The van der Waals surface area contributed by atoms with Crippen molar-refractivity contribution in [1.29, 1.82) is 0 Å². The zero-order chi connectivity index (χ0) is 20.1. The highest BCUT2D eigenvalue weighted by atomic mass is 19.1. The van der Waals surface area contributed by atoms with Crippen molar-refractivity contribution in [3.63, 3.8) is 0 Å². The summed E-state index contributed by atoms with van der Waals surface area (Å²) in [6, 6.07) is 13.7. The zero-order valence-corrected chi connectivity index (χ0v) is 16.2. The number of benzene rings is 2. The zero-order valence-electron chi connectivity index (χ0n) is 16.2. The number of amides is 1. The minimum atomic E-state index is -0.288. The van der Waals surface area contributed by atoms with Gasteiger partial charge in [0.15, 0.2) is 0 Å². The van der Waals surface area contributed by atoms with E-state index in [1.54, 1.807) is 18.2 Å². The van der Waals surface area contributed by atoms with Crippen molar-refractivity contribution in [2.24, 2.45) is 0 Å². The molecule has 0 fully saturated rings. The first-order chi connectivity index (χ1) is 13.4. The number of carbonyl (C=O) groups is 1. The van der Waals surface area contributed by atoms with E-state index < -0.39 is 0 Å². The molecule has 1 aromatic heterocycles. The molecule has 0 radical (unpaired) electrons. The fourth-order valence-corrected chi connectivity index (χ4v) is 2.87. The summed E-state index contributed by atoms with van der Waals surface area (Å²) in [5.41, 5.74) is 4.07. The average molecular weight is 378 g/mol. The molecule has 0 spiro atoms. The molecule has 0 saturated carbocycles. The molecule has 5 nitrogen and oxygen atoms in total. The minimum Gasteiger partial charge on any atom is -0.350 e. The topological polar surface area (TPSA) is 66.9 Å². The van der Waals surface area contributed by atoms with Gasteiger partial charge in [0.05, 0.1) is 0 Å². The van der Waals surface area contributed by atoms with E-state index in [4.69, 9.17) is 0 Å². The molecule has 3 aromatic rings. The summed E-state index contributed by atoms with van der Waals surface area (Å²) < 4.78 is 13.0. The number of hydrogen-bond acceptors (Lipinski definition) is 4. The van der Waals surface area contributed by atoms with Crippen molar-refractivity contribution in [3.05, 3.63) is 82.9 Å². The second-order valence-corrected chi connectivity index (χ2v) is 6.89. The van der Waals surface area contributed by atoms with Gasteiger partial charge in [0, 0.05) is 18.4 Å². The van der Waals surface area contributed by atoms with E-state index in [0.29, 0.717) is 12.5 Å². The lowest BCUT2D eigenvalue weighted by molar-refractivity contribution is 0.102. The number of halogens is 1. The standard InChI is InChI=1S/C22H23FN4O/c1-14(2)18-6-4-5-15(3)20(18)27-21(28)19-11-12-24-22(26-19)25-13-16-7-9-17(23)10-8-16/h4-12,14H,13H2,1-3H3,(H,27,28)(H,24,25,26). The van der Waals surface area contributed by atoms with Gasteiger partial charge in [0.1, 0.15) is 11.5 Å². The number of hydrogen-bond donors (Lipinski definition) is 2. The maximum absolute atomic E-state index is 13.0. The molecular weight excluding hydrogens is 355 g/mol. The van der Waals surface area contributed by atoms with Gasteiger partial charge < -0.3 is 10.6 Å². The molecule has 2 N–H and O–H groups in total. The van der Waals surface area contributed by atoms with E-state index in [1.807, 2.05) is 25.1 Å². The Kier molecular flexibility index (Phi) is 5.99. The summed E-state index contributed by atoms with van der Waals surface area (Å²) in [5, 5.41) is 6.04. The predicted molar refractivity (Wildman–Crippen MR) is 109 cm³/mol. The quantitative estimate of drug-likeness (QED) is 0.639. The van der Waals surface area contributed by atoms with Gasteiger partial charge in [-0.15, -0.1) is 0 Å². The van der Waals surface area contributed by atoms with Gasteiger partial charge in [0.2, 0.25) is 5.95 Å². The summed E-state index contributed by atoms with van der Waals surface area (Å²) >= 11 is 0. The molecule has 0 aliphatic carbocycles. The van der Waals surface area contributed by atoms with Crippen LogP contribution >= 0.6 is 0 Å². The van der Waals surface area contributed by atoms with Crippen LogP contribution in [0.4, 0.5) is 16.0 Å². The number of nitrogens with one attached hydrogen (secondary N) is 2. The van der Waals surface area contributed by atoms with Gasteiger partial charge in [0.25, 0.3) is 5.91 Å². The number of para-hydroxylation sites is 1. The van der Waals surface area contributed by atoms with Crippen molar-refractivity contribution in [3.8, 4) is 0 Å². The summed E-state index contributed by atoms with van der Waals surface area (Å²) in [6.45, 7) is 6.58. The second kappa shape index (κ2) is 8.61. The van der Waals surface area contributed by atoms with E-state index >= 15 is 0 Å². The first kappa shape index (κ1) is 19.5. The van der Waals surface area contributed by atoms with E-state index in [2.05, 4.69) is 34.4 Å². The van der Waals surface area contributed by atoms with E-state index in [9.17, 15) is 9.18 Å². The van der Waals surface area contributed by atoms with Crippen LogP contribution in [0.25, 0.3) is 0 Å². The normalized spacial score (nSPS) is 10.8. The van der Waals surface area contributed by atoms with Crippen LogP contribution in [-0.2, 0) is 6.54 Å². The third kappa shape index (κ3) is 4.71. The van der Waals surface area contributed by atoms with Crippen molar-refractivity contribution >= 4 is 17.5 Å². The summed E-state index contributed by atoms with van der Waals surface area (Å²) in [7, 11) is 0. The van der Waals surface area contributed by atoms with Crippen LogP contribution in [0.1, 0.15) is 46.9 Å². The lowest BCUT2D eigenvalue weighted by Crippen LogP contribution is -2.17. The third-order valence-corrected chi connectivity index (χ3v) is 4.42. The Morgan fingerprint density at radius 2 is 1.86 bits per heavy atom. The Morgan fingerprint density at radius 1 is 1.11 bits per heavy atom. The number of aryl methyl sites for hydroxylation is 1. The van der Waals surface area contributed by atoms with Crippen LogP contribution < -0.4 is 10.6 Å². The average Bonchev–Trinajstić information content (AvgIpc) is 2.69. The summed E-state index contributed by atoms with van der Waals surface area (Å²) in [5.74, 6) is 0.0541. The highest BCUT2D eigenvalue weighted by molar-refractivity contribution is 6.03. The molecule has 0 bridgehead atoms. The number of anilines is 2. The van der Waals surface area contributed by atoms with Gasteiger partial charge in [-0.3, -0.25) is 4.79 Å². The van der Waals surface area contributed by atoms with Crippen molar-refractivity contribution in [1.82, 2.24) is 9.97 Å². The lowest BCUT2D eigenvalue weighted by atomic mass is 9.98. The Hall–Kier alpha value is -3.28. The molecule has 0 unspecified atom stereocenters. The number of aromatic nitrogens is 2. The van der Waals surface area contributed by atoms with Crippen LogP contribution in [0.2, 0.25) is 0 Å². The molecule has 1 amide bonds. The van der Waals surface area contributed by atoms with Gasteiger partial charge in [-0.25, -0.2) is 14.4 Å². The number of carbonyl (C=O) groups excluding carboxylic acids is 1. The number of rotatable bonds is 6. The molecule has 2 aromatic carbocycles. The second-order valence-electron chi connectivity index (χ2n) is 6.89. The molecule has 0 atom stereocenters. The van der Waals surface area contributed by atoms with Crippen molar-refractivity contribution in [2.75, 3.05) is 10.6 Å². The van der Waals surface area contributed by atoms with E-state index in [0.717, 1.165) is 22.4 Å². The molecule has 28 heavy (non-hydrogen) atoms.